The molecule has 0 saturated carbocycles. The molecule has 4 aromatic carbocycles. The summed E-state index contributed by atoms with van der Waals surface area (Å²) in [6.07, 6.45) is 1.07. The van der Waals surface area contributed by atoms with Gasteiger partial charge in [0, 0.05) is 63.2 Å². The van der Waals surface area contributed by atoms with Crippen molar-refractivity contribution in [2.75, 3.05) is 55.4 Å². The molecule has 8 rings (SSSR count). The molecule has 4 aliphatic heterocycles. The molecule has 1 atom stereocenters. The van der Waals surface area contributed by atoms with Gasteiger partial charge < -0.3 is 20.0 Å². The Morgan fingerprint density at radius 3 is 1.95 bits per heavy atom. The summed E-state index contributed by atoms with van der Waals surface area (Å²) in [6.45, 7) is -10.9. The lowest BCUT2D eigenvalue weighted by atomic mass is 9.88. The average molecular weight is 780 g/mol. The highest BCUT2D eigenvalue weighted by Gasteiger charge is 2.46. The number of carbonyl (C=O) groups excluding carboxylic acids is 4. The van der Waals surface area contributed by atoms with Gasteiger partial charge in [0.15, 0.2) is 5.82 Å². The second-order valence-electron chi connectivity index (χ2n) is 14.4. The van der Waals surface area contributed by atoms with Gasteiger partial charge in [-0.05, 0) is 108 Å². The number of hydrogen-bond acceptors (Lipinski definition) is 9. The zero-order valence-corrected chi connectivity index (χ0v) is 31.1. The molecule has 57 heavy (non-hydrogen) atoms. The predicted molar refractivity (Wildman–Crippen MR) is 216 cm³/mol. The molecule has 0 radical (unpaired) electrons. The summed E-state index contributed by atoms with van der Waals surface area (Å²) in [7, 11) is 0. The first-order valence-corrected chi connectivity index (χ1v) is 18.9. The molecule has 0 aliphatic carbocycles. The quantitative estimate of drug-likeness (QED) is 0.137. The van der Waals surface area contributed by atoms with Gasteiger partial charge in [0.05, 0.1) is 22.3 Å². The number of rotatable bonds is 9. The van der Waals surface area contributed by atoms with Crippen LogP contribution < -0.4 is 15.1 Å². The van der Waals surface area contributed by atoms with Gasteiger partial charge in [-0.2, -0.15) is 0 Å². The van der Waals surface area contributed by atoms with E-state index in [2.05, 4.69) is 4.90 Å². The third-order valence-corrected chi connectivity index (χ3v) is 11.0. The number of piperidine rings is 2. The van der Waals surface area contributed by atoms with Crippen LogP contribution >= 0.6 is 0 Å². The van der Waals surface area contributed by atoms with Crippen LogP contribution in [0.4, 0.5) is 15.8 Å². The molecule has 3 fully saturated rings. The number of anilines is 2. The Kier molecular flexibility index (Phi) is 8.14. The summed E-state index contributed by atoms with van der Waals surface area (Å²) in [5.41, 5.74) is 3.17. The van der Waals surface area contributed by atoms with Crippen LogP contribution in [-0.2, 0) is 9.59 Å². The molecule has 11 nitrogen and oxygen atoms in total. The highest BCUT2D eigenvalue weighted by Crippen LogP contribution is 2.38. The second kappa shape index (κ2) is 15.9. The Balaban J connectivity index is 1.01. The number of phenolic OH excluding ortho intramolecular Hbond substituents is 2. The molecule has 1 unspecified atom stereocenters. The summed E-state index contributed by atoms with van der Waals surface area (Å²) < 4.78 is 88.8. The molecule has 3 saturated heterocycles. The maximum atomic E-state index is 16.6. The minimum atomic E-state index is -3.47. The minimum Gasteiger partial charge on any atom is -0.508 e. The standard InChI is InChI=1S/C45H46FN5O6/c1-2-35(29-5-11-33(52)12-6-29)40(31-7-13-34(53)14-8-31)30-3-9-32(10-4-30)49-21-19-28(20-22-49)27-48-23-25-50(26-24-48)37-16-15-36-41(42(37)46)45(57)51(44(36)56)38-17-18-39(54)47-43(38)55/h3-16,28,38,52-53H,2,17-27H2,1H3,(H,47,54,55)/i23D2,24D2,25D2,26D2. The van der Waals surface area contributed by atoms with Gasteiger partial charge in [0.2, 0.25) is 11.8 Å². The average Bonchev–Trinajstić information content (AvgIpc) is 3.51. The number of allylic oxidation sites excluding steroid dienone is 1. The van der Waals surface area contributed by atoms with E-state index in [9.17, 15) is 29.4 Å². The predicted octanol–water partition coefficient (Wildman–Crippen LogP) is 6.05. The number of nitrogens with one attached hydrogen (secondary N) is 1. The Bertz CT molecular complexity index is 2580. The topological polar surface area (TPSA) is 134 Å². The Morgan fingerprint density at radius 2 is 1.35 bits per heavy atom. The summed E-state index contributed by atoms with van der Waals surface area (Å²) in [5.74, 6) is -5.67. The van der Waals surface area contributed by atoms with Gasteiger partial charge in [-0.3, -0.25) is 34.3 Å². The van der Waals surface area contributed by atoms with E-state index < -0.39 is 90.8 Å². The number of piperazine rings is 1. The Morgan fingerprint density at radius 1 is 0.754 bits per heavy atom. The van der Waals surface area contributed by atoms with Crippen LogP contribution in [0.2, 0.25) is 0 Å². The number of hydrogen-bond donors (Lipinski definition) is 3. The number of fused-ring (bicyclic) bond motifs is 1. The van der Waals surface area contributed by atoms with E-state index >= 15 is 4.39 Å². The first-order chi connectivity index (χ1) is 30.6. The molecule has 3 N–H and O–H groups in total. The van der Waals surface area contributed by atoms with E-state index in [-0.39, 0.29) is 29.2 Å². The number of halogens is 1. The molecule has 294 valence electrons. The number of imide groups is 2. The van der Waals surface area contributed by atoms with Crippen molar-refractivity contribution in [3.63, 3.8) is 0 Å². The summed E-state index contributed by atoms with van der Waals surface area (Å²) >= 11 is 0. The Hall–Kier alpha value is -6.01. The first-order valence-electron chi connectivity index (χ1n) is 22.9. The van der Waals surface area contributed by atoms with Crippen molar-refractivity contribution in [2.45, 2.75) is 45.1 Å². The van der Waals surface area contributed by atoms with Gasteiger partial charge in [0.25, 0.3) is 11.8 Å². The molecular weight excluding hydrogens is 726 g/mol. The number of benzene rings is 4. The molecule has 4 amide bonds. The van der Waals surface area contributed by atoms with Crippen LogP contribution in [0, 0.1) is 11.7 Å². The van der Waals surface area contributed by atoms with E-state index in [1.54, 1.807) is 24.3 Å². The zero-order chi connectivity index (χ0) is 47.0. The van der Waals surface area contributed by atoms with Crippen molar-refractivity contribution < 1.29 is 44.7 Å². The van der Waals surface area contributed by atoms with Gasteiger partial charge in [0.1, 0.15) is 17.5 Å². The van der Waals surface area contributed by atoms with Gasteiger partial charge in [-0.15, -0.1) is 0 Å². The second-order valence-corrected chi connectivity index (χ2v) is 14.4. The lowest BCUT2D eigenvalue weighted by Crippen LogP contribution is -2.54. The molecule has 4 aromatic rings. The fourth-order valence-corrected chi connectivity index (χ4v) is 7.97. The largest absolute Gasteiger partial charge is 0.508 e. The van der Waals surface area contributed by atoms with Crippen LogP contribution in [0.1, 0.15) is 87.4 Å². The van der Waals surface area contributed by atoms with Crippen molar-refractivity contribution in [1.82, 2.24) is 15.1 Å². The number of aromatic hydroxyl groups is 2. The maximum absolute atomic E-state index is 16.6. The van der Waals surface area contributed by atoms with Gasteiger partial charge in [-0.25, -0.2) is 4.39 Å². The van der Waals surface area contributed by atoms with Crippen molar-refractivity contribution in [2.24, 2.45) is 5.92 Å². The highest BCUT2D eigenvalue weighted by atomic mass is 19.1. The maximum Gasteiger partial charge on any atom is 0.265 e. The van der Waals surface area contributed by atoms with E-state index in [1.165, 1.54) is 0 Å². The molecule has 12 heteroatoms. The summed E-state index contributed by atoms with van der Waals surface area (Å²) in [5, 5.41) is 22.0. The summed E-state index contributed by atoms with van der Waals surface area (Å²) in [4.78, 5) is 54.3. The first kappa shape index (κ1) is 29.3. The van der Waals surface area contributed by atoms with E-state index in [0.717, 1.165) is 45.7 Å². The fourth-order valence-electron chi connectivity index (χ4n) is 7.97. The van der Waals surface area contributed by atoms with E-state index in [4.69, 9.17) is 11.0 Å². The van der Waals surface area contributed by atoms with Crippen LogP contribution in [0.3, 0.4) is 0 Å². The summed E-state index contributed by atoms with van der Waals surface area (Å²) in [6, 6.07) is 22.1. The minimum absolute atomic E-state index is 0.0151. The SMILES string of the molecule is [2H]C1([2H])N(CC2CCN(c3ccc(C(=C(CC)c4ccc(O)cc4)c4ccc(O)cc4)cc3)CC2)C([2H])([2H])C([2H])([2H])N(c2ccc3c(c2F)C(=O)N(C2CCC(=O)NC2=O)C3=O)C1([2H])[2H]. The molecule has 0 aromatic heterocycles. The number of amides is 4. The van der Waals surface area contributed by atoms with Crippen LogP contribution in [0.25, 0.3) is 11.1 Å². The molecule has 0 spiro atoms. The Labute approximate surface area is 342 Å². The van der Waals surface area contributed by atoms with Crippen molar-refractivity contribution in [1.29, 1.82) is 0 Å². The van der Waals surface area contributed by atoms with Crippen molar-refractivity contribution in [3.05, 3.63) is 119 Å². The fraction of sp³-hybridized carbons (Fsp3) is 0.333. The number of carbonyl (C=O) groups is 4. The lowest BCUT2D eigenvalue weighted by molar-refractivity contribution is -0.136. The molecular formula is C45H46FN5O6. The molecule has 4 aliphatic rings. The monoisotopic (exact) mass is 779 g/mol. The normalized spacial score (nSPS) is 25.4. The van der Waals surface area contributed by atoms with E-state index in [1.807, 2.05) is 60.8 Å². The van der Waals surface area contributed by atoms with Crippen molar-refractivity contribution >= 4 is 46.1 Å². The smallest absolute Gasteiger partial charge is 0.265 e. The number of nitrogens with zero attached hydrogens (tertiary/aromatic N) is 4. The van der Waals surface area contributed by atoms with Gasteiger partial charge >= 0.3 is 0 Å². The molecule has 0 bridgehead atoms. The zero-order valence-electron chi connectivity index (χ0n) is 39.1. The van der Waals surface area contributed by atoms with Crippen molar-refractivity contribution in [3.8, 4) is 11.5 Å². The lowest BCUT2D eigenvalue weighted by Gasteiger charge is -2.40. The highest BCUT2D eigenvalue weighted by molar-refractivity contribution is 6.24. The third kappa shape index (κ3) is 7.49. The third-order valence-electron chi connectivity index (χ3n) is 11.0. The van der Waals surface area contributed by atoms with Crippen LogP contribution in [0.15, 0.2) is 84.9 Å². The number of phenols is 2. The van der Waals surface area contributed by atoms with Gasteiger partial charge in [-0.1, -0.05) is 43.3 Å². The molecule has 4 heterocycles. The van der Waals surface area contributed by atoms with Crippen LogP contribution in [-0.4, -0.2) is 95.3 Å². The van der Waals surface area contributed by atoms with E-state index in [0.29, 0.717) is 42.2 Å². The van der Waals surface area contributed by atoms with Crippen LogP contribution in [0.5, 0.6) is 11.5 Å².